The molecule has 7 rings (SSSR count). The number of fused-ring (bicyclic) bond motifs is 2. The summed E-state index contributed by atoms with van der Waals surface area (Å²) in [6.07, 6.45) is 16.0. The molecule has 3 N–H and O–H groups in total. The molecule has 9 nitrogen and oxygen atoms in total. The van der Waals surface area contributed by atoms with Crippen LogP contribution in [0.2, 0.25) is 0 Å². The fourth-order valence-electron chi connectivity index (χ4n) is 12.2. The summed E-state index contributed by atoms with van der Waals surface area (Å²) < 4.78 is 6.32. The zero-order valence-electron chi connectivity index (χ0n) is 32.2. The molecule has 1 saturated heterocycles. The Hall–Kier alpha value is -1.26. The van der Waals surface area contributed by atoms with Gasteiger partial charge < -0.3 is 25.2 Å². The fraction of sp³-hybridized carbons (Fsp3) is 0.951. The summed E-state index contributed by atoms with van der Waals surface area (Å²) in [4.78, 5) is 36.0. The molecule has 7 aliphatic rings. The Balaban J connectivity index is 1.06. The molecular weight excluding hydrogens is 630 g/mol. The number of nitrogens with one attached hydrogen (secondary N) is 1. The first-order valence-electron chi connectivity index (χ1n) is 20.7. The maximum Gasteiger partial charge on any atom is 0.240 e. The molecule has 6 saturated carbocycles. The Labute approximate surface area is 302 Å². The van der Waals surface area contributed by atoms with E-state index in [9.17, 15) is 19.8 Å². The highest BCUT2D eigenvalue weighted by molar-refractivity contribution is 5.83. The average molecular weight is 702 g/mol. The van der Waals surface area contributed by atoms with Gasteiger partial charge in [0, 0.05) is 51.0 Å². The van der Waals surface area contributed by atoms with Crippen LogP contribution in [-0.4, -0.2) is 96.2 Å². The first-order valence-corrected chi connectivity index (χ1v) is 20.7. The Morgan fingerprint density at radius 2 is 1.74 bits per heavy atom. The molecule has 9 heteroatoms. The van der Waals surface area contributed by atoms with Crippen molar-refractivity contribution in [3.05, 3.63) is 0 Å². The molecule has 7 fully saturated rings. The molecular formula is C41H71N3O6. The molecule has 1 heterocycles. The average Bonchev–Trinajstić information content (AvgIpc) is 3.50. The van der Waals surface area contributed by atoms with Gasteiger partial charge >= 0.3 is 0 Å². The van der Waals surface area contributed by atoms with Crippen LogP contribution in [0.5, 0.6) is 0 Å². The molecule has 0 radical (unpaired) electrons. The molecule has 286 valence electrons. The Morgan fingerprint density at radius 3 is 2.36 bits per heavy atom. The SMILES string of the molecule is COC1C(CN2O[C@@H](CO)[C@@H]([C@H](C)O)[C@H]2C(=O)N[C@H]2C[C@H]3C[C@@H]([C@@H]2C)C3(C)C)CCCC1C1CCC(C(=O)N(C)CCC2CCCCC2)CC1. The van der Waals surface area contributed by atoms with Gasteiger partial charge in [0.25, 0.3) is 0 Å². The van der Waals surface area contributed by atoms with E-state index in [1.165, 1.54) is 38.5 Å². The largest absolute Gasteiger partial charge is 0.394 e. The highest BCUT2D eigenvalue weighted by Gasteiger charge is 2.58. The van der Waals surface area contributed by atoms with Gasteiger partial charge in [0.1, 0.15) is 12.1 Å². The number of carbonyl (C=O) groups is 2. The zero-order chi connectivity index (χ0) is 35.7. The van der Waals surface area contributed by atoms with Gasteiger partial charge in [-0.3, -0.25) is 14.4 Å². The third kappa shape index (κ3) is 7.83. The monoisotopic (exact) mass is 702 g/mol. The second-order valence-corrected chi connectivity index (χ2v) is 18.5. The van der Waals surface area contributed by atoms with Crippen LogP contribution in [0.25, 0.3) is 0 Å². The number of aliphatic hydroxyl groups excluding tert-OH is 2. The predicted octanol–water partition coefficient (Wildman–Crippen LogP) is 5.81. The summed E-state index contributed by atoms with van der Waals surface area (Å²) in [5, 5.41) is 26.5. The number of nitrogens with zero attached hydrogens (tertiary/aromatic N) is 2. The topological polar surface area (TPSA) is 112 Å². The molecule has 0 spiro atoms. The van der Waals surface area contributed by atoms with E-state index in [2.05, 4.69) is 26.1 Å². The lowest BCUT2D eigenvalue weighted by atomic mass is 9.45. The van der Waals surface area contributed by atoms with Crippen LogP contribution in [0.3, 0.4) is 0 Å². The quantitative estimate of drug-likeness (QED) is 0.236. The third-order valence-electron chi connectivity index (χ3n) is 15.4. The zero-order valence-corrected chi connectivity index (χ0v) is 32.2. The molecule has 1 aliphatic heterocycles. The molecule has 2 bridgehead atoms. The minimum Gasteiger partial charge on any atom is -0.394 e. The Bertz CT molecular complexity index is 1140. The summed E-state index contributed by atoms with van der Waals surface area (Å²) in [6.45, 7) is 9.92. The van der Waals surface area contributed by atoms with E-state index in [0.717, 1.165) is 70.3 Å². The Morgan fingerprint density at radius 1 is 1.02 bits per heavy atom. The number of carbonyl (C=O) groups excluding carboxylic acids is 2. The van der Waals surface area contributed by atoms with Crippen LogP contribution in [-0.2, 0) is 19.2 Å². The molecule has 0 aromatic carbocycles. The second-order valence-electron chi connectivity index (χ2n) is 18.5. The third-order valence-corrected chi connectivity index (χ3v) is 15.4. The number of methoxy groups -OCH3 is 1. The highest BCUT2D eigenvalue weighted by Crippen LogP contribution is 2.61. The van der Waals surface area contributed by atoms with Gasteiger partial charge in [-0.1, -0.05) is 59.3 Å². The molecule has 2 amide bonds. The number of aliphatic hydroxyl groups is 2. The predicted molar refractivity (Wildman–Crippen MR) is 195 cm³/mol. The van der Waals surface area contributed by atoms with Crippen molar-refractivity contribution in [1.29, 1.82) is 0 Å². The number of ether oxygens (including phenoxy) is 1. The number of hydroxylamine groups is 2. The smallest absolute Gasteiger partial charge is 0.240 e. The molecule has 3 unspecified atom stereocenters. The minimum absolute atomic E-state index is 0.0392. The van der Waals surface area contributed by atoms with Crippen molar-refractivity contribution in [3.63, 3.8) is 0 Å². The summed E-state index contributed by atoms with van der Waals surface area (Å²) >= 11 is 0. The lowest BCUT2D eigenvalue weighted by molar-refractivity contribution is -0.193. The lowest BCUT2D eigenvalue weighted by Crippen LogP contribution is -2.62. The van der Waals surface area contributed by atoms with E-state index in [4.69, 9.17) is 9.57 Å². The summed E-state index contributed by atoms with van der Waals surface area (Å²) in [5.74, 6) is 3.42. The van der Waals surface area contributed by atoms with Crippen LogP contribution in [0.15, 0.2) is 0 Å². The number of hydrogen-bond acceptors (Lipinski definition) is 7. The van der Waals surface area contributed by atoms with Gasteiger partial charge in [-0.15, -0.1) is 0 Å². The Kier molecular flexibility index (Phi) is 12.6. The fourth-order valence-corrected chi connectivity index (χ4v) is 12.2. The van der Waals surface area contributed by atoms with E-state index in [-0.39, 0.29) is 36.5 Å². The van der Waals surface area contributed by atoms with Gasteiger partial charge in [0.2, 0.25) is 11.8 Å². The first kappa shape index (κ1) is 38.5. The highest BCUT2D eigenvalue weighted by atomic mass is 16.7. The summed E-state index contributed by atoms with van der Waals surface area (Å²) in [7, 11) is 3.84. The normalized spacial score (nSPS) is 41.3. The van der Waals surface area contributed by atoms with Gasteiger partial charge in [0.15, 0.2) is 0 Å². The summed E-state index contributed by atoms with van der Waals surface area (Å²) in [6, 6.07) is -0.548. The molecule has 50 heavy (non-hydrogen) atoms. The molecule has 0 aromatic heterocycles. The van der Waals surface area contributed by atoms with Crippen molar-refractivity contribution in [2.75, 3.05) is 33.9 Å². The van der Waals surface area contributed by atoms with Crippen LogP contribution in [0.1, 0.15) is 124 Å². The van der Waals surface area contributed by atoms with E-state index in [0.29, 0.717) is 47.5 Å². The van der Waals surface area contributed by atoms with Crippen molar-refractivity contribution < 1.29 is 29.4 Å². The van der Waals surface area contributed by atoms with Crippen molar-refractivity contribution in [1.82, 2.24) is 15.3 Å². The number of rotatable bonds is 12. The van der Waals surface area contributed by atoms with Crippen LogP contribution in [0, 0.1) is 58.7 Å². The van der Waals surface area contributed by atoms with Crippen LogP contribution < -0.4 is 5.32 Å². The maximum atomic E-state index is 14.2. The van der Waals surface area contributed by atoms with Gasteiger partial charge in [-0.25, -0.2) is 0 Å². The molecule has 11 atom stereocenters. The maximum absolute atomic E-state index is 14.2. The van der Waals surface area contributed by atoms with Gasteiger partial charge in [0.05, 0.1) is 18.8 Å². The number of hydrogen-bond donors (Lipinski definition) is 3. The first-order chi connectivity index (χ1) is 23.9. The van der Waals surface area contributed by atoms with E-state index in [1.807, 2.05) is 24.1 Å². The number of amides is 2. The second kappa shape index (κ2) is 16.4. The van der Waals surface area contributed by atoms with E-state index >= 15 is 0 Å². The van der Waals surface area contributed by atoms with Crippen molar-refractivity contribution >= 4 is 11.8 Å². The molecule has 6 aliphatic carbocycles. The van der Waals surface area contributed by atoms with E-state index in [1.54, 1.807) is 6.92 Å². The van der Waals surface area contributed by atoms with E-state index < -0.39 is 24.2 Å². The van der Waals surface area contributed by atoms with Crippen molar-refractivity contribution in [2.24, 2.45) is 58.7 Å². The van der Waals surface area contributed by atoms with Gasteiger partial charge in [-0.2, -0.15) is 5.06 Å². The van der Waals surface area contributed by atoms with Crippen molar-refractivity contribution in [3.8, 4) is 0 Å². The molecule has 0 aromatic rings. The van der Waals surface area contributed by atoms with Crippen LogP contribution in [0.4, 0.5) is 0 Å². The lowest BCUT2D eigenvalue weighted by Gasteiger charge is -2.62. The summed E-state index contributed by atoms with van der Waals surface area (Å²) in [5.41, 5.74) is 0.333. The standard InChI is InChI=1S/C41H71N3O6/c1-25-33-21-31(41(33,3)4)22-34(25)42-39(47)37-36(26(2)46)35(24-45)50-44(37)23-30-13-10-14-32(38(30)49-6)28-15-17-29(18-16-28)40(48)43(5)20-19-27-11-8-7-9-12-27/h25-38,45-46H,7-24H2,1-6H3,(H,42,47)/t25-,26-,28?,29?,30?,31+,32?,33-,34-,35-,36+,37-,38?/m0/s1. The minimum atomic E-state index is -0.800. The van der Waals surface area contributed by atoms with Crippen LogP contribution >= 0.6 is 0 Å². The van der Waals surface area contributed by atoms with Gasteiger partial charge in [-0.05, 0) is 106 Å². The van der Waals surface area contributed by atoms with Crippen molar-refractivity contribution in [2.45, 2.75) is 154 Å².